The lowest BCUT2D eigenvalue weighted by Crippen LogP contribution is -2.13. The SMILES string of the molecule is COc1cc([N+](=O)[O-])cc(S(=O)(=O)Cl)c1C(F)(F)F. The molecule has 0 saturated heterocycles. The van der Waals surface area contributed by atoms with Gasteiger partial charge in [0.1, 0.15) is 16.2 Å². The first kappa shape index (κ1) is 15.5. The molecule has 19 heavy (non-hydrogen) atoms. The molecule has 0 aliphatic heterocycles. The third-order valence-corrected chi connectivity index (χ3v) is 3.37. The maximum Gasteiger partial charge on any atom is 0.421 e. The van der Waals surface area contributed by atoms with Gasteiger partial charge < -0.3 is 4.74 Å². The number of methoxy groups -OCH3 is 1. The summed E-state index contributed by atoms with van der Waals surface area (Å²) in [6.07, 6.45) is -5.10. The molecule has 0 N–H and O–H groups in total. The fourth-order valence-corrected chi connectivity index (χ4v) is 2.40. The second-order valence-electron chi connectivity index (χ2n) is 3.21. The number of rotatable bonds is 3. The highest BCUT2D eigenvalue weighted by molar-refractivity contribution is 8.13. The summed E-state index contributed by atoms with van der Waals surface area (Å²) in [5.74, 6) is -0.999. The van der Waals surface area contributed by atoms with Crippen molar-refractivity contribution in [1.82, 2.24) is 0 Å². The lowest BCUT2D eigenvalue weighted by Gasteiger charge is -2.14. The van der Waals surface area contributed by atoms with Crippen LogP contribution in [0.2, 0.25) is 0 Å². The van der Waals surface area contributed by atoms with E-state index in [9.17, 15) is 31.7 Å². The summed E-state index contributed by atoms with van der Waals surface area (Å²) in [6.45, 7) is 0. The van der Waals surface area contributed by atoms with Gasteiger partial charge in [-0.25, -0.2) is 8.42 Å². The fourth-order valence-electron chi connectivity index (χ4n) is 1.31. The van der Waals surface area contributed by atoms with Crippen LogP contribution in [0.3, 0.4) is 0 Å². The Labute approximate surface area is 109 Å². The van der Waals surface area contributed by atoms with Gasteiger partial charge in [-0.05, 0) is 0 Å². The minimum Gasteiger partial charge on any atom is -0.496 e. The van der Waals surface area contributed by atoms with E-state index < -0.39 is 42.0 Å². The van der Waals surface area contributed by atoms with Gasteiger partial charge in [0.2, 0.25) is 0 Å². The average molecular weight is 320 g/mol. The predicted molar refractivity (Wildman–Crippen MR) is 57.7 cm³/mol. The largest absolute Gasteiger partial charge is 0.496 e. The maximum absolute atomic E-state index is 12.8. The van der Waals surface area contributed by atoms with Crippen LogP contribution in [0.1, 0.15) is 5.56 Å². The van der Waals surface area contributed by atoms with Crippen LogP contribution in [0.5, 0.6) is 5.75 Å². The van der Waals surface area contributed by atoms with Gasteiger partial charge in [-0.15, -0.1) is 0 Å². The summed E-state index contributed by atoms with van der Waals surface area (Å²) in [4.78, 5) is 8.06. The van der Waals surface area contributed by atoms with E-state index in [0.29, 0.717) is 6.07 Å². The number of halogens is 4. The van der Waals surface area contributed by atoms with E-state index in [0.717, 1.165) is 7.11 Å². The lowest BCUT2D eigenvalue weighted by atomic mass is 10.1. The molecule has 6 nitrogen and oxygen atoms in total. The normalized spacial score (nSPS) is 12.3. The van der Waals surface area contributed by atoms with Gasteiger partial charge in [-0.1, -0.05) is 0 Å². The zero-order valence-corrected chi connectivity index (χ0v) is 10.6. The first-order valence-electron chi connectivity index (χ1n) is 4.36. The number of alkyl halides is 3. The topological polar surface area (TPSA) is 86.5 Å². The molecule has 1 rings (SSSR count). The standard InChI is InChI=1S/C8H5ClF3NO5S/c1-18-5-2-4(13(14)15)3-6(19(9,16)17)7(5)8(10,11)12/h2-3H,1H3. The molecule has 0 fully saturated rings. The van der Waals surface area contributed by atoms with Crippen molar-refractivity contribution in [2.45, 2.75) is 11.1 Å². The van der Waals surface area contributed by atoms with Crippen molar-refractivity contribution >= 4 is 25.4 Å². The molecule has 0 unspecified atom stereocenters. The molecule has 11 heteroatoms. The van der Waals surface area contributed by atoms with Crippen molar-refractivity contribution < 1.29 is 31.2 Å². The quantitative estimate of drug-likeness (QED) is 0.485. The Hall–Kier alpha value is -1.55. The van der Waals surface area contributed by atoms with Crippen molar-refractivity contribution in [2.75, 3.05) is 7.11 Å². The van der Waals surface area contributed by atoms with E-state index in [1.165, 1.54) is 0 Å². The molecule has 0 heterocycles. The molecule has 0 aliphatic rings. The van der Waals surface area contributed by atoms with Crippen LogP contribution in [0.15, 0.2) is 17.0 Å². The first-order chi connectivity index (χ1) is 8.48. The van der Waals surface area contributed by atoms with Gasteiger partial charge in [0, 0.05) is 16.7 Å². The smallest absolute Gasteiger partial charge is 0.421 e. The monoisotopic (exact) mass is 319 g/mol. The third kappa shape index (κ3) is 3.26. The number of non-ortho nitro benzene ring substituents is 1. The van der Waals surface area contributed by atoms with Gasteiger partial charge in [0.05, 0.1) is 18.1 Å². The molecule has 0 radical (unpaired) electrons. The predicted octanol–water partition coefficient (Wildman–Crippen LogP) is 2.55. The highest BCUT2D eigenvalue weighted by Crippen LogP contribution is 2.43. The van der Waals surface area contributed by atoms with Crippen LogP contribution >= 0.6 is 10.7 Å². The minimum atomic E-state index is -5.10. The fraction of sp³-hybridized carbons (Fsp3) is 0.250. The van der Waals surface area contributed by atoms with Crippen LogP contribution in [0.25, 0.3) is 0 Å². The van der Waals surface area contributed by atoms with Crippen LogP contribution in [-0.4, -0.2) is 20.5 Å². The Balaban J connectivity index is 3.84. The Bertz CT molecular complexity index is 628. The molecule has 0 aromatic heterocycles. The number of nitro benzene ring substituents is 1. The van der Waals surface area contributed by atoms with Crippen molar-refractivity contribution in [3.63, 3.8) is 0 Å². The van der Waals surface area contributed by atoms with Gasteiger partial charge >= 0.3 is 6.18 Å². The van der Waals surface area contributed by atoms with Crippen molar-refractivity contribution in [3.8, 4) is 5.75 Å². The van der Waals surface area contributed by atoms with E-state index in [2.05, 4.69) is 4.74 Å². The number of ether oxygens (including phenoxy) is 1. The Morgan fingerprint density at radius 3 is 2.21 bits per heavy atom. The molecule has 1 aromatic carbocycles. The second kappa shape index (κ2) is 4.85. The van der Waals surface area contributed by atoms with Crippen LogP contribution in [-0.2, 0) is 15.2 Å². The molecule has 0 atom stereocenters. The Kier molecular flexibility index (Phi) is 3.96. The van der Waals surface area contributed by atoms with Gasteiger partial charge in [-0.3, -0.25) is 10.1 Å². The third-order valence-electron chi connectivity index (χ3n) is 2.03. The summed E-state index contributed by atoms with van der Waals surface area (Å²) in [5, 5.41) is 10.5. The Morgan fingerprint density at radius 2 is 1.89 bits per heavy atom. The lowest BCUT2D eigenvalue weighted by molar-refractivity contribution is -0.385. The van der Waals surface area contributed by atoms with E-state index in [1.807, 2.05) is 0 Å². The van der Waals surface area contributed by atoms with Gasteiger partial charge in [0.25, 0.3) is 14.7 Å². The molecule has 0 spiro atoms. The minimum absolute atomic E-state index is 0.230. The number of nitro groups is 1. The number of benzene rings is 1. The van der Waals surface area contributed by atoms with Crippen LogP contribution < -0.4 is 4.74 Å². The zero-order chi connectivity index (χ0) is 15.0. The molecule has 0 aliphatic carbocycles. The second-order valence-corrected chi connectivity index (χ2v) is 5.75. The van der Waals surface area contributed by atoms with Crippen molar-refractivity contribution in [2.24, 2.45) is 0 Å². The summed E-state index contributed by atoms with van der Waals surface area (Å²) in [7, 11) is 0.850. The number of hydrogen-bond donors (Lipinski definition) is 0. The van der Waals surface area contributed by atoms with E-state index in [-0.39, 0.29) is 6.07 Å². The van der Waals surface area contributed by atoms with Gasteiger partial charge in [-0.2, -0.15) is 13.2 Å². The Morgan fingerprint density at radius 1 is 1.37 bits per heavy atom. The zero-order valence-electron chi connectivity index (χ0n) is 9.06. The summed E-state index contributed by atoms with van der Waals surface area (Å²) in [6, 6.07) is 0.696. The number of nitrogens with zero attached hydrogens (tertiary/aromatic N) is 1. The summed E-state index contributed by atoms with van der Waals surface area (Å²) >= 11 is 0. The summed E-state index contributed by atoms with van der Waals surface area (Å²) < 4.78 is 65.0. The molecular weight excluding hydrogens is 315 g/mol. The molecule has 0 bridgehead atoms. The highest BCUT2D eigenvalue weighted by Gasteiger charge is 2.41. The van der Waals surface area contributed by atoms with E-state index in [4.69, 9.17) is 10.7 Å². The molecule has 106 valence electrons. The number of hydrogen-bond acceptors (Lipinski definition) is 5. The molecule has 1 aromatic rings. The van der Waals surface area contributed by atoms with Crippen molar-refractivity contribution in [3.05, 3.63) is 27.8 Å². The highest BCUT2D eigenvalue weighted by atomic mass is 35.7. The molecule has 0 saturated carbocycles. The average Bonchev–Trinajstić information content (AvgIpc) is 2.24. The van der Waals surface area contributed by atoms with Crippen LogP contribution in [0, 0.1) is 10.1 Å². The molecular formula is C8H5ClF3NO5S. The van der Waals surface area contributed by atoms with E-state index >= 15 is 0 Å². The van der Waals surface area contributed by atoms with Gasteiger partial charge in [0.15, 0.2) is 0 Å². The van der Waals surface area contributed by atoms with E-state index in [1.54, 1.807) is 0 Å². The maximum atomic E-state index is 12.8. The first-order valence-corrected chi connectivity index (χ1v) is 6.67. The molecule has 0 amide bonds. The van der Waals surface area contributed by atoms with Crippen molar-refractivity contribution in [1.29, 1.82) is 0 Å². The van der Waals surface area contributed by atoms with Crippen LogP contribution in [0.4, 0.5) is 18.9 Å². The summed E-state index contributed by atoms with van der Waals surface area (Å²) in [5.41, 5.74) is -2.57.